The van der Waals surface area contributed by atoms with Crippen molar-refractivity contribution in [2.45, 2.75) is 38.3 Å². The van der Waals surface area contributed by atoms with Crippen LogP contribution in [0.1, 0.15) is 26.3 Å². The van der Waals surface area contributed by atoms with Crippen molar-refractivity contribution in [2.24, 2.45) is 5.92 Å². The molecule has 0 saturated heterocycles. The first-order valence-electron chi connectivity index (χ1n) is 12.3. The minimum Gasteiger partial charge on any atom is -0.354 e. The molecule has 2 amide bonds. The van der Waals surface area contributed by atoms with Crippen LogP contribution in [0.2, 0.25) is 15.1 Å². The number of carbonyl (C=O) groups excluding carboxylic acids is 2. The van der Waals surface area contributed by atoms with Crippen LogP contribution in [-0.2, 0) is 26.2 Å². The van der Waals surface area contributed by atoms with E-state index in [1.165, 1.54) is 29.2 Å². The van der Waals surface area contributed by atoms with Gasteiger partial charge in [0.1, 0.15) is 18.4 Å². The van der Waals surface area contributed by atoms with Gasteiger partial charge in [-0.1, -0.05) is 72.9 Å². The summed E-state index contributed by atoms with van der Waals surface area (Å²) in [6, 6.07) is 14.6. The third-order valence-corrected chi connectivity index (χ3v) is 8.67. The summed E-state index contributed by atoms with van der Waals surface area (Å²) in [6.07, 6.45) is 0. The molecule has 0 fully saturated rings. The lowest BCUT2D eigenvalue weighted by molar-refractivity contribution is -0.139. The Hall–Kier alpha value is -2.85. The summed E-state index contributed by atoms with van der Waals surface area (Å²) in [5.74, 6) is -1.70. The molecule has 0 aromatic heterocycles. The summed E-state index contributed by atoms with van der Waals surface area (Å²) >= 11 is 18.4. The average Bonchev–Trinajstić information content (AvgIpc) is 2.91. The lowest BCUT2D eigenvalue weighted by Gasteiger charge is -2.32. The quantitative estimate of drug-likeness (QED) is 0.275. The van der Waals surface area contributed by atoms with Gasteiger partial charge in [-0.15, -0.1) is 0 Å². The average molecular weight is 629 g/mol. The normalized spacial score (nSPS) is 12.2. The highest BCUT2D eigenvalue weighted by Gasteiger charge is 2.33. The van der Waals surface area contributed by atoms with E-state index in [0.29, 0.717) is 17.1 Å². The number of halogens is 4. The molecule has 1 unspecified atom stereocenters. The van der Waals surface area contributed by atoms with Gasteiger partial charge in [0.05, 0.1) is 15.6 Å². The number of nitrogens with one attached hydrogen (secondary N) is 1. The fraction of sp³-hybridized carbons (Fsp3) is 0.286. The van der Waals surface area contributed by atoms with Crippen LogP contribution in [-0.4, -0.2) is 44.3 Å². The minimum absolute atomic E-state index is 0.0232. The topological polar surface area (TPSA) is 86.8 Å². The van der Waals surface area contributed by atoms with Gasteiger partial charge in [-0.3, -0.25) is 13.9 Å². The highest BCUT2D eigenvalue weighted by Crippen LogP contribution is 2.29. The fourth-order valence-electron chi connectivity index (χ4n) is 3.76. The van der Waals surface area contributed by atoms with Gasteiger partial charge in [0, 0.05) is 23.1 Å². The Bertz CT molecular complexity index is 1470. The van der Waals surface area contributed by atoms with E-state index in [0.717, 1.165) is 16.4 Å². The number of sulfonamides is 1. The van der Waals surface area contributed by atoms with Gasteiger partial charge < -0.3 is 10.2 Å². The molecule has 0 aliphatic rings. The Morgan fingerprint density at radius 2 is 1.60 bits per heavy atom. The van der Waals surface area contributed by atoms with E-state index in [1.807, 2.05) is 13.8 Å². The van der Waals surface area contributed by atoms with Crippen molar-refractivity contribution in [1.29, 1.82) is 0 Å². The van der Waals surface area contributed by atoms with Crippen LogP contribution < -0.4 is 9.62 Å². The monoisotopic (exact) mass is 627 g/mol. The smallest absolute Gasteiger partial charge is 0.264 e. The molecule has 0 aliphatic heterocycles. The second kappa shape index (κ2) is 13.7. The number of anilines is 1. The zero-order valence-corrected chi connectivity index (χ0v) is 25.2. The third kappa shape index (κ3) is 7.87. The Morgan fingerprint density at radius 1 is 0.925 bits per heavy atom. The van der Waals surface area contributed by atoms with E-state index in [9.17, 15) is 22.4 Å². The summed E-state index contributed by atoms with van der Waals surface area (Å²) in [4.78, 5) is 28.1. The number of hydrogen-bond acceptors (Lipinski definition) is 4. The van der Waals surface area contributed by atoms with Crippen LogP contribution in [0.5, 0.6) is 0 Å². The zero-order chi connectivity index (χ0) is 29.6. The van der Waals surface area contributed by atoms with Crippen molar-refractivity contribution in [2.75, 3.05) is 17.4 Å². The number of rotatable bonds is 11. The van der Waals surface area contributed by atoms with E-state index in [2.05, 4.69) is 5.32 Å². The molecule has 0 heterocycles. The van der Waals surface area contributed by atoms with E-state index in [4.69, 9.17) is 34.8 Å². The third-order valence-electron chi connectivity index (χ3n) is 6.01. The van der Waals surface area contributed by atoms with E-state index >= 15 is 0 Å². The van der Waals surface area contributed by atoms with Crippen LogP contribution in [0.15, 0.2) is 71.6 Å². The maximum absolute atomic E-state index is 14.0. The van der Waals surface area contributed by atoms with Gasteiger partial charge in [-0.2, -0.15) is 0 Å². The molecule has 0 aliphatic carbocycles. The maximum Gasteiger partial charge on any atom is 0.264 e. The number of benzene rings is 3. The van der Waals surface area contributed by atoms with E-state index in [1.54, 1.807) is 37.3 Å². The second-order valence-electron chi connectivity index (χ2n) is 9.50. The molecule has 0 saturated carbocycles. The molecule has 7 nitrogen and oxygen atoms in total. The first kappa shape index (κ1) is 31.7. The molecule has 0 radical (unpaired) electrons. The number of amides is 2. The summed E-state index contributed by atoms with van der Waals surface area (Å²) in [6.45, 7) is 4.99. The summed E-state index contributed by atoms with van der Waals surface area (Å²) < 4.78 is 42.2. The summed E-state index contributed by atoms with van der Waals surface area (Å²) in [5, 5.41) is 3.16. The molecular formula is C28H29Cl3FN3O4S. The molecule has 0 spiro atoms. The highest BCUT2D eigenvalue weighted by molar-refractivity contribution is 7.92. The van der Waals surface area contributed by atoms with Crippen molar-refractivity contribution in [3.05, 3.63) is 93.2 Å². The van der Waals surface area contributed by atoms with Gasteiger partial charge >= 0.3 is 0 Å². The fourth-order valence-corrected chi connectivity index (χ4v) is 5.83. The van der Waals surface area contributed by atoms with Crippen LogP contribution in [0.3, 0.4) is 0 Å². The van der Waals surface area contributed by atoms with Crippen molar-refractivity contribution < 1.29 is 22.4 Å². The molecular weight excluding hydrogens is 600 g/mol. The molecule has 40 heavy (non-hydrogen) atoms. The number of hydrogen-bond donors (Lipinski definition) is 1. The van der Waals surface area contributed by atoms with Crippen LogP contribution in [0.25, 0.3) is 0 Å². The van der Waals surface area contributed by atoms with E-state index < -0.39 is 40.2 Å². The molecule has 1 N–H and O–H groups in total. The highest BCUT2D eigenvalue weighted by atomic mass is 35.5. The predicted molar refractivity (Wildman–Crippen MR) is 157 cm³/mol. The Balaban J connectivity index is 2.05. The SMILES string of the molecule is CC(C)CNC(=O)C(C)N(Cc1ccc(Cl)cc1Cl)C(=O)CN(c1ccc(F)c(Cl)c1)S(=O)(=O)c1ccccc1. The molecule has 3 rings (SSSR count). The zero-order valence-electron chi connectivity index (χ0n) is 22.1. The van der Waals surface area contributed by atoms with Gasteiger partial charge in [-0.25, -0.2) is 12.8 Å². The van der Waals surface area contributed by atoms with Crippen molar-refractivity contribution in [3.8, 4) is 0 Å². The van der Waals surface area contributed by atoms with Crippen molar-refractivity contribution >= 4 is 62.3 Å². The van der Waals surface area contributed by atoms with Crippen LogP contribution >= 0.6 is 34.8 Å². The Morgan fingerprint density at radius 3 is 2.20 bits per heavy atom. The maximum atomic E-state index is 14.0. The summed E-state index contributed by atoms with van der Waals surface area (Å²) in [7, 11) is -4.31. The lowest BCUT2D eigenvalue weighted by Crippen LogP contribution is -2.51. The molecule has 3 aromatic carbocycles. The minimum atomic E-state index is -4.31. The van der Waals surface area contributed by atoms with Crippen molar-refractivity contribution in [1.82, 2.24) is 10.2 Å². The number of nitrogens with zero attached hydrogens (tertiary/aromatic N) is 2. The first-order chi connectivity index (χ1) is 18.8. The summed E-state index contributed by atoms with van der Waals surface area (Å²) in [5.41, 5.74) is 0.482. The first-order valence-corrected chi connectivity index (χ1v) is 14.9. The Labute approximate surface area is 248 Å². The Kier molecular flexibility index (Phi) is 10.8. The molecule has 3 aromatic rings. The number of carbonyl (C=O) groups is 2. The van der Waals surface area contributed by atoms with Crippen LogP contribution in [0.4, 0.5) is 10.1 Å². The van der Waals surface area contributed by atoms with Crippen LogP contribution in [0, 0.1) is 11.7 Å². The van der Waals surface area contributed by atoms with Gasteiger partial charge in [0.15, 0.2) is 0 Å². The molecule has 12 heteroatoms. The molecule has 0 bridgehead atoms. The predicted octanol–water partition coefficient (Wildman–Crippen LogP) is 6.17. The van der Waals surface area contributed by atoms with Crippen molar-refractivity contribution in [3.63, 3.8) is 0 Å². The van der Waals surface area contributed by atoms with Gasteiger partial charge in [-0.05, 0) is 60.9 Å². The van der Waals surface area contributed by atoms with E-state index in [-0.39, 0.29) is 33.1 Å². The second-order valence-corrected chi connectivity index (χ2v) is 12.6. The van der Waals surface area contributed by atoms with Gasteiger partial charge in [0.2, 0.25) is 11.8 Å². The largest absolute Gasteiger partial charge is 0.354 e. The molecule has 214 valence electrons. The van der Waals surface area contributed by atoms with Gasteiger partial charge in [0.25, 0.3) is 10.0 Å². The lowest BCUT2D eigenvalue weighted by atomic mass is 10.1. The standard InChI is InChI=1S/C28H29Cl3FN3O4S/c1-18(2)15-33-28(37)19(3)34(16-20-9-10-21(29)13-24(20)30)27(36)17-35(22-11-12-26(32)25(31)14-22)40(38,39)23-7-5-4-6-8-23/h4-14,18-19H,15-17H2,1-3H3,(H,33,37). The molecule has 1 atom stereocenters.